The summed E-state index contributed by atoms with van der Waals surface area (Å²) in [5.41, 5.74) is 1.34. The largest absolute Gasteiger partial charge is 0.495 e. The molecule has 130 valence electrons. The maximum atomic E-state index is 12.4. The number of ether oxygens (including phenoxy) is 3. The highest BCUT2D eigenvalue weighted by Crippen LogP contribution is 2.29. The zero-order valence-electron chi connectivity index (χ0n) is 14.4. The summed E-state index contributed by atoms with van der Waals surface area (Å²) in [5, 5.41) is 12.1. The Morgan fingerprint density at radius 3 is 2.36 bits per heavy atom. The normalized spacial score (nSPS) is 11.1. The summed E-state index contributed by atoms with van der Waals surface area (Å²) in [6, 6.07) is 14.4. The Hall–Kier alpha value is -3.20. The highest BCUT2D eigenvalue weighted by atomic mass is 16.5. The van der Waals surface area contributed by atoms with Gasteiger partial charge in [-0.05, 0) is 36.2 Å². The maximum absolute atomic E-state index is 12.4. The molecule has 0 bridgehead atoms. The molecule has 2 rings (SSSR count). The summed E-state index contributed by atoms with van der Waals surface area (Å²) < 4.78 is 15.7. The van der Waals surface area contributed by atoms with Crippen molar-refractivity contribution in [1.29, 1.82) is 5.26 Å². The second-order valence-electron chi connectivity index (χ2n) is 5.26. The van der Waals surface area contributed by atoms with Gasteiger partial charge in [-0.1, -0.05) is 18.2 Å². The minimum absolute atomic E-state index is 0.262. The van der Waals surface area contributed by atoms with Crippen molar-refractivity contribution in [2.75, 3.05) is 26.6 Å². The molecule has 0 unspecified atom stereocenters. The lowest BCUT2D eigenvalue weighted by Crippen LogP contribution is -2.23. The molecule has 2 aromatic carbocycles. The number of carbonyl (C=O) groups is 1. The van der Waals surface area contributed by atoms with Gasteiger partial charge in [0.05, 0.1) is 33.1 Å². The van der Waals surface area contributed by atoms with Crippen molar-refractivity contribution >= 4 is 11.6 Å². The van der Waals surface area contributed by atoms with E-state index >= 15 is 0 Å². The summed E-state index contributed by atoms with van der Waals surface area (Å²) in [4.78, 5) is 12.4. The molecule has 0 heterocycles. The minimum Gasteiger partial charge on any atom is -0.495 e. The van der Waals surface area contributed by atoms with Gasteiger partial charge in [0.2, 0.25) is 5.91 Å². The number of anilines is 1. The van der Waals surface area contributed by atoms with E-state index in [0.29, 0.717) is 22.9 Å². The average molecular weight is 340 g/mol. The number of para-hydroxylation sites is 2. The number of carbonyl (C=O) groups excluding carboxylic acids is 1. The van der Waals surface area contributed by atoms with E-state index in [0.717, 1.165) is 5.56 Å². The molecule has 6 heteroatoms. The Labute approximate surface area is 146 Å². The summed E-state index contributed by atoms with van der Waals surface area (Å²) in [5.74, 6) is 0.462. The monoisotopic (exact) mass is 340 g/mol. The van der Waals surface area contributed by atoms with Crippen molar-refractivity contribution in [2.24, 2.45) is 5.92 Å². The molecule has 0 radical (unpaired) electrons. The second-order valence-corrected chi connectivity index (χ2v) is 5.26. The van der Waals surface area contributed by atoms with Crippen LogP contribution < -0.4 is 19.5 Å². The molecule has 6 nitrogen and oxygen atoms in total. The van der Waals surface area contributed by atoms with Crippen LogP contribution in [0, 0.1) is 17.2 Å². The van der Waals surface area contributed by atoms with Crippen LogP contribution in [-0.2, 0) is 11.2 Å². The SMILES string of the molecule is COc1ccccc1NC(=O)[C@H](C#N)Cc1ccc(OC)c(OC)c1. The van der Waals surface area contributed by atoms with Crippen LogP contribution in [0.5, 0.6) is 17.2 Å². The van der Waals surface area contributed by atoms with E-state index in [-0.39, 0.29) is 12.3 Å². The number of nitrogens with zero attached hydrogens (tertiary/aromatic N) is 1. The van der Waals surface area contributed by atoms with Crippen LogP contribution in [0.25, 0.3) is 0 Å². The molecule has 0 aromatic heterocycles. The van der Waals surface area contributed by atoms with E-state index < -0.39 is 5.92 Å². The fourth-order valence-corrected chi connectivity index (χ4v) is 2.41. The van der Waals surface area contributed by atoms with Gasteiger partial charge < -0.3 is 19.5 Å². The lowest BCUT2D eigenvalue weighted by Gasteiger charge is -2.14. The van der Waals surface area contributed by atoms with Crippen LogP contribution in [0.2, 0.25) is 0 Å². The summed E-state index contributed by atoms with van der Waals surface area (Å²) in [6.07, 6.45) is 0.262. The first-order chi connectivity index (χ1) is 12.1. The van der Waals surface area contributed by atoms with E-state index in [1.165, 1.54) is 14.2 Å². The van der Waals surface area contributed by atoms with Gasteiger partial charge in [-0.2, -0.15) is 5.26 Å². The van der Waals surface area contributed by atoms with Gasteiger partial charge in [0.25, 0.3) is 0 Å². The fraction of sp³-hybridized carbons (Fsp3) is 0.263. The summed E-state index contributed by atoms with van der Waals surface area (Å²) in [7, 11) is 4.62. The van der Waals surface area contributed by atoms with Gasteiger partial charge in [-0.15, -0.1) is 0 Å². The van der Waals surface area contributed by atoms with E-state index in [1.807, 2.05) is 12.1 Å². The Kier molecular flexibility index (Phi) is 6.24. The number of nitrogens with one attached hydrogen (secondary N) is 1. The average Bonchev–Trinajstić information content (AvgIpc) is 2.66. The predicted molar refractivity (Wildman–Crippen MR) is 94.0 cm³/mol. The third kappa shape index (κ3) is 4.42. The number of methoxy groups -OCH3 is 3. The number of hydrogen-bond donors (Lipinski definition) is 1. The molecule has 0 saturated carbocycles. The Morgan fingerprint density at radius 1 is 1.04 bits per heavy atom. The summed E-state index contributed by atoms with van der Waals surface area (Å²) >= 11 is 0. The number of hydrogen-bond acceptors (Lipinski definition) is 5. The van der Waals surface area contributed by atoms with E-state index in [1.54, 1.807) is 43.5 Å². The van der Waals surface area contributed by atoms with Crippen LogP contribution >= 0.6 is 0 Å². The molecule has 0 spiro atoms. The van der Waals surface area contributed by atoms with Gasteiger partial charge in [0.1, 0.15) is 11.7 Å². The first kappa shape index (κ1) is 18.1. The van der Waals surface area contributed by atoms with Crippen LogP contribution in [0.4, 0.5) is 5.69 Å². The van der Waals surface area contributed by atoms with Crippen LogP contribution in [0.15, 0.2) is 42.5 Å². The minimum atomic E-state index is -0.844. The maximum Gasteiger partial charge on any atom is 0.242 e. The number of amides is 1. The molecule has 1 atom stereocenters. The van der Waals surface area contributed by atoms with E-state index in [4.69, 9.17) is 14.2 Å². The molecule has 25 heavy (non-hydrogen) atoms. The Bertz CT molecular complexity index is 783. The van der Waals surface area contributed by atoms with Crippen LogP contribution in [-0.4, -0.2) is 27.2 Å². The van der Waals surface area contributed by atoms with E-state index in [9.17, 15) is 10.1 Å². The highest BCUT2D eigenvalue weighted by molar-refractivity contribution is 5.95. The zero-order chi connectivity index (χ0) is 18.2. The number of nitriles is 1. The van der Waals surface area contributed by atoms with Crippen molar-refractivity contribution in [1.82, 2.24) is 0 Å². The van der Waals surface area contributed by atoms with Crippen LogP contribution in [0.1, 0.15) is 5.56 Å². The van der Waals surface area contributed by atoms with Crippen molar-refractivity contribution < 1.29 is 19.0 Å². The topological polar surface area (TPSA) is 80.6 Å². The van der Waals surface area contributed by atoms with Gasteiger partial charge in [-0.3, -0.25) is 4.79 Å². The molecule has 1 amide bonds. The van der Waals surface area contributed by atoms with Crippen molar-refractivity contribution in [3.63, 3.8) is 0 Å². The second kappa shape index (κ2) is 8.60. The zero-order valence-corrected chi connectivity index (χ0v) is 14.4. The molecular formula is C19H20N2O4. The first-order valence-electron chi connectivity index (χ1n) is 7.67. The smallest absolute Gasteiger partial charge is 0.242 e. The number of benzene rings is 2. The third-order valence-corrected chi connectivity index (χ3v) is 3.72. The van der Waals surface area contributed by atoms with Gasteiger partial charge in [0, 0.05) is 0 Å². The molecule has 0 aliphatic rings. The molecule has 2 aromatic rings. The van der Waals surface area contributed by atoms with Crippen LogP contribution in [0.3, 0.4) is 0 Å². The van der Waals surface area contributed by atoms with Gasteiger partial charge in [0.15, 0.2) is 11.5 Å². The molecule has 0 fully saturated rings. The molecule has 1 N–H and O–H groups in total. The first-order valence-corrected chi connectivity index (χ1v) is 7.67. The lowest BCUT2D eigenvalue weighted by molar-refractivity contribution is -0.118. The van der Waals surface area contributed by atoms with Crippen molar-refractivity contribution in [2.45, 2.75) is 6.42 Å². The fourth-order valence-electron chi connectivity index (χ4n) is 2.41. The third-order valence-electron chi connectivity index (χ3n) is 3.72. The predicted octanol–water partition coefficient (Wildman–Crippen LogP) is 3.03. The molecule has 0 aliphatic heterocycles. The quantitative estimate of drug-likeness (QED) is 0.838. The standard InChI is InChI=1S/C19H20N2O4/c1-23-16-7-5-4-6-15(16)21-19(22)14(12-20)10-13-8-9-17(24-2)18(11-13)25-3/h4-9,11,14H,10H2,1-3H3,(H,21,22)/t14-/m0/s1. The number of rotatable bonds is 7. The van der Waals surface area contributed by atoms with Crippen molar-refractivity contribution in [3.05, 3.63) is 48.0 Å². The lowest BCUT2D eigenvalue weighted by atomic mass is 9.99. The summed E-state index contributed by atoms with van der Waals surface area (Å²) in [6.45, 7) is 0. The van der Waals surface area contributed by atoms with Gasteiger partial charge in [-0.25, -0.2) is 0 Å². The van der Waals surface area contributed by atoms with E-state index in [2.05, 4.69) is 5.32 Å². The Balaban J connectivity index is 2.14. The highest BCUT2D eigenvalue weighted by Gasteiger charge is 2.20. The Morgan fingerprint density at radius 2 is 1.72 bits per heavy atom. The molecular weight excluding hydrogens is 320 g/mol. The van der Waals surface area contributed by atoms with Gasteiger partial charge >= 0.3 is 0 Å². The molecule has 0 aliphatic carbocycles. The molecule has 0 saturated heterocycles. The van der Waals surface area contributed by atoms with Crippen molar-refractivity contribution in [3.8, 4) is 23.3 Å².